The van der Waals surface area contributed by atoms with Gasteiger partial charge in [0.15, 0.2) is 11.5 Å². The van der Waals surface area contributed by atoms with Gasteiger partial charge in [-0.25, -0.2) is 4.79 Å². The van der Waals surface area contributed by atoms with Crippen LogP contribution in [0.4, 0.5) is 5.69 Å². The Bertz CT molecular complexity index is 831. The molecule has 0 aromatic heterocycles. The first kappa shape index (κ1) is 17.6. The lowest BCUT2D eigenvalue weighted by molar-refractivity contribution is -0.118. The van der Waals surface area contributed by atoms with Gasteiger partial charge in [-0.05, 0) is 30.3 Å². The fraction of sp³-hybridized carbons (Fsp3) is 0.263. The van der Waals surface area contributed by atoms with Crippen molar-refractivity contribution in [2.75, 3.05) is 26.6 Å². The van der Waals surface area contributed by atoms with Crippen LogP contribution < -0.4 is 19.5 Å². The van der Waals surface area contributed by atoms with Crippen LogP contribution in [-0.4, -0.2) is 33.2 Å². The van der Waals surface area contributed by atoms with E-state index in [-0.39, 0.29) is 12.3 Å². The van der Waals surface area contributed by atoms with E-state index >= 15 is 0 Å². The van der Waals surface area contributed by atoms with Gasteiger partial charge < -0.3 is 24.3 Å². The number of carbonyl (C=O) groups is 2. The zero-order valence-electron chi connectivity index (χ0n) is 14.7. The molecule has 0 aliphatic carbocycles. The molecule has 0 spiro atoms. The summed E-state index contributed by atoms with van der Waals surface area (Å²) in [5.74, 6) is 0.649. The summed E-state index contributed by atoms with van der Waals surface area (Å²) in [7, 11) is 4.52. The summed E-state index contributed by atoms with van der Waals surface area (Å²) in [5, 5.41) is 2.78. The first-order valence-corrected chi connectivity index (χ1v) is 7.97. The van der Waals surface area contributed by atoms with Gasteiger partial charge in [-0.2, -0.15) is 0 Å². The molecule has 7 heteroatoms. The molecular weight excluding hydrogens is 338 g/mol. The lowest BCUT2D eigenvalue weighted by Gasteiger charge is -2.12. The van der Waals surface area contributed by atoms with Crippen LogP contribution in [0.5, 0.6) is 17.2 Å². The summed E-state index contributed by atoms with van der Waals surface area (Å²) in [6.45, 7) is 0. The molecule has 0 fully saturated rings. The van der Waals surface area contributed by atoms with E-state index in [4.69, 9.17) is 18.9 Å². The molecule has 136 valence electrons. The van der Waals surface area contributed by atoms with Crippen LogP contribution in [0.25, 0.3) is 0 Å². The largest absolute Gasteiger partial charge is 0.497 e. The molecule has 2 aromatic carbocycles. The highest BCUT2D eigenvalue weighted by Gasteiger charge is 2.36. The van der Waals surface area contributed by atoms with E-state index in [1.807, 2.05) is 0 Å². The maximum absolute atomic E-state index is 12.3. The van der Waals surface area contributed by atoms with Crippen molar-refractivity contribution >= 4 is 17.6 Å². The van der Waals surface area contributed by atoms with Crippen molar-refractivity contribution in [1.29, 1.82) is 0 Å². The number of esters is 1. The lowest BCUT2D eigenvalue weighted by Crippen LogP contribution is -2.15. The van der Waals surface area contributed by atoms with Crippen molar-refractivity contribution in [3.8, 4) is 17.2 Å². The predicted molar refractivity (Wildman–Crippen MR) is 93.9 cm³/mol. The number of methoxy groups -OCH3 is 3. The molecule has 26 heavy (non-hydrogen) atoms. The minimum atomic E-state index is -0.671. The summed E-state index contributed by atoms with van der Waals surface area (Å²) in [4.78, 5) is 24.6. The van der Waals surface area contributed by atoms with E-state index in [1.54, 1.807) is 43.5 Å². The van der Waals surface area contributed by atoms with E-state index in [2.05, 4.69) is 5.32 Å². The van der Waals surface area contributed by atoms with E-state index in [0.717, 1.165) is 0 Å². The first-order chi connectivity index (χ1) is 12.6. The molecule has 0 unspecified atom stereocenters. The Balaban J connectivity index is 1.76. The normalized spacial score (nSPS) is 15.0. The lowest BCUT2D eigenvalue weighted by atomic mass is 10.0. The summed E-state index contributed by atoms with van der Waals surface area (Å²) in [5.41, 5.74) is 1.54. The van der Waals surface area contributed by atoms with Crippen molar-refractivity contribution in [3.05, 3.63) is 47.5 Å². The second kappa shape index (κ2) is 7.35. The molecule has 0 bridgehead atoms. The van der Waals surface area contributed by atoms with Gasteiger partial charge >= 0.3 is 5.97 Å². The van der Waals surface area contributed by atoms with Gasteiger partial charge in [-0.15, -0.1) is 0 Å². The Kier molecular flexibility index (Phi) is 4.97. The number of anilines is 1. The third-order valence-electron chi connectivity index (χ3n) is 4.12. The fourth-order valence-corrected chi connectivity index (χ4v) is 2.88. The quantitative estimate of drug-likeness (QED) is 0.801. The zero-order chi connectivity index (χ0) is 18.7. The van der Waals surface area contributed by atoms with Gasteiger partial charge in [0.1, 0.15) is 17.4 Å². The standard InChI is InChI=1S/C19H19NO6/c1-23-12-6-4-11(5-7-12)20-16(21)10-15-13-8-9-14(24-2)18(25-3)17(13)19(22)26-15/h4-9,15H,10H2,1-3H3,(H,20,21)/t15-/m1/s1. The van der Waals surface area contributed by atoms with Crippen molar-refractivity contribution in [3.63, 3.8) is 0 Å². The average Bonchev–Trinajstić information content (AvgIpc) is 2.97. The van der Waals surface area contributed by atoms with Gasteiger partial charge in [0.2, 0.25) is 5.91 Å². The first-order valence-electron chi connectivity index (χ1n) is 7.97. The van der Waals surface area contributed by atoms with Crippen molar-refractivity contribution < 1.29 is 28.5 Å². The number of fused-ring (bicyclic) bond motifs is 1. The molecule has 1 atom stereocenters. The molecule has 0 saturated heterocycles. The fourth-order valence-electron chi connectivity index (χ4n) is 2.88. The molecule has 0 radical (unpaired) electrons. The Morgan fingerprint density at radius 1 is 1.04 bits per heavy atom. The maximum atomic E-state index is 12.3. The second-order valence-corrected chi connectivity index (χ2v) is 5.64. The van der Waals surface area contributed by atoms with Gasteiger partial charge in [0.25, 0.3) is 0 Å². The minimum absolute atomic E-state index is 0.000250. The Morgan fingerprint density at radius 2 is 1.77 bits per heavy atom. The SMILES string of the molecule is COc1ccc(NC(=O)C[C@H]2OC(=O)c3c2ccc(OC)c3OC)cc1. The highest BCUT2D eigenvalue weighted by Crippen LogP contribution is 2.43. The summed E-state index contributed by atoms with van der Waals surface area (Å²) in [6, 6.07) is 10.4. The molecule has 2 aromatic rings. The highest BCUT2D eigenvalue weighted by atomic mass is 16.6. The molecule has 1 N–H and O–H groups in total. The molecule has 1 amide bonds. The number of hydrogen-bond acceptors (Lipinski definition) is 6. The Labute approximate surface area is 150 Å². The third kappa shape index (κ3) is 3.28. The summed E-state index contributed by atoms with van der Waals surface area (Å²) >= 11 is 0. The zero-order valence-corrected chi connectivity index (χ0v) is 14.7. The number of rotatable bonds is 6. The van der Waals surface area contributed by atoms with Gasteiger partial charge in [0.05, 0.1) is 27.8 Å². The molecule has 1 heterocycles. The predicted octanol–water partition coefficient (Wildman–Crippen LogP) is 2.95. The van der Waals surface area contributed by atoms with Crippen LogP contribution >= 0.6 is 0 Å². The van der Waals surface area contributed by atoms with Crippen molar-refractivity contribution in [2.24, 2.45) is 0 Å². The van der Waals surface area contributed by atoms with Crippen molar-refractivity contribution in [1.82, 2.24) is 0 Å². The third-order valence-corrected chi connectivity index (χ3v) is 4.12. The van der Waals surface area contributed by atoms with Gasteiger partial charge in [-0.3, -0.25) is 4.79 Å². The second-order valence-electron chi connectivity index (χ2n) is 5.64. The monoisotopic (exact) mass is 357 g/mol. The molecule has 1 aliphatic rings. The number of nitrogens with one attached hydrogen (secondary N) is 1. The molecular formula is C19H19NO6. The van der Waals surface area contributed by atoms with Crippen LogP contribution in [0.3, 0.4) is 0 Å². The molecule has 0 saturated carbocycles. The number of amides is 1. The smallest absolute Gasteiger partial charge is 0.343 e. The highest BCUT2D eigenvalue weighted by molar-refractivity contribution is 5.99. The Hall–Kier alpha value is -3.22. The van der Waals surface area contributed by atoms with E-state index in [0.29, 0.717) is 34.1 Å². The van der Waals surface area contributed by atoms with Crippen LogP contribution in [-0.2, 0) is 9.53 Å². The molecule has 7 nitrogen and oxygen atoms in total. The maximum Gasteiger partial charge on any atom is 0.343 e. The number of hydrogen-bond donors (Lipinski definition) is 1. The van der Waals surface area contributed by atoms with E-state index in [9.17, 15) is 9.59 Å². The minimum Gasteiger partial charge on any atom is -0.497 e. The summed E-state index contributed by atoms with van der Waals surface area (Å²) < 4.78 is 20.9. The number of benzene rings is 2. The Morgan fingerprint density at radius 3 is 2.38 bits per heavy atom. The number of cyclic esters (lactones) is 1. The van der Waals surface area contributed by atoms with Gasteiger partial charge in [-0.1, -0.05) is 6.07 Å². The van der Waals surface area contributed by atoms with Crippen molar-refractivity contribution in [2.45, 2.75) is 12.5 Å². The topological polar surface area (TPSA) is 83.1 Å². The van der Waals surface area contributed by atoms with Crippen LogP contribution in [0.15, 0.2) is 36.4 Å². The van der Waals surface area contributed by atoms with Crippen LogP contribution in [0.1, 0.15) is 28.4 Å². The average molecular weight is 357 g/mol. The van der Waals surface area contributed by atoms with E-state index < -0.39 is 12.1 Å². The summed E-state index contributed by atoms with van der Waals surface area (Å²) in [6.07, 6.45) is -0.671. The van der Waals surface area contributed by atoms with Crippen LogP contribution in [0, 0.1) is 0 Å². The van der Waals surface area contributed by atoms with Gasteiger partial charge in [0, 0.05) is 11.3 Å². The van der Waals surface area contributed by atoms with Crippen LogP contribution in [0.2, 0.25) is 0 Å². The van der Waals surface area contributed by atoms with E-state index in [1.165, 1.54) is 14.2 Å². The number of ether oxygens (including phenoxy) is 4. The molecule has 1 aliphatic heterocycles. The number of carbonyl (C=O) groups excluding carboxylic acids is 2. The molecule has 3 rings (SSSR count).